The molecule has 3 amide bonds. The average molecular weight is 694 g/mol. The fourth-order valence-electron chi connectivity index (χ4n) is 6.98. The molecule has 0 aromatic heterocycles. The van der Waals surface area contributed by atoms with Gasteiger partial charge in [-0.25, -0.2) is 4.79 Å². The Kier molecular flexibility index (Phi) is 12.6. The molecule has 4 aliphatic heterocycles. The number of aliphatic hydroxyl groups is 5. The summed E-state index contributed by atoms with van der Waals surface area (Å²) in [5.74, 6) is 0.689. The second-order valence-electron chi connectivity index (χ2n) is 13.2. The highest BCUT2D eigenvalue weighted by Gasteiger charge is 2.50. The predicted molar refractivity (Wildman–Crippen MR) is 166 cm³/mol. The van der Waals surface area contributed by atoms with Crippen molar-refractivity contribution >= 4 is 23.7 Å². The maximum absolute atomic E-state index is 12.6. The summed E-state index contributed by atoms with van der Waals surface area (Å²) in [4.78, 5) is 24.1. The lowest BCUT2D eigenvalue weighted by atomic mass is 9.84. The maximum atomic E-state index is 12.6. The van der Waals surface area contributed by atoms with Crippen LogP contribution in [0.5, 0.6) is 0 Å². The number of nitrogens with two attached hydrogens (primary N) is 4. The number of aliphatic hydroxyl groups excluding tert-OH is 5. The number of carbonyl (C=O) groups is 2. The van der Waals surface area contributed by atoms with Crippen molar-refractivity contribution in [2.75, 3.05) is 18.9 Å². The van der Waals surface area contributed by atoms with Crippen LogP contribution in [0.1, 0.15) is 38.5 Å². The van der Waals surface area contributed by atoms with Gasteiger partial charge >= 0.3 is 6.03 Å². The number of nitrogens with one attached hydrogen (secondary N) is 3. The fourth-order valence-corrected chi connectivity index (χ4v) is 8.52. The van der Waals surface area contributed by atoms with Crippen LogP contribution in [0, 0.1) is 0 Å². The van der Waals surface area contributed by atoms with Gasteiger partial charge in [0.15, 0.2) is 12.6 Å². The molecule has 47 heavy (non-hydrogen) atoms. The first-order valence-corrected chi connectivity index (χ1v) is 17.3. The topological polar surface area (TPSA) is 312 Å². The molecule has 1 aliphatic carbocycles. The van der Waals surface area contributed by atoms with Crippen LogP contribution in [-0.4, -0.2) is 159 Å². The van der Waals surface area contributed by atoms with Crippen LogP contribution in [0.3, 0.4) is 0 Å². The molecule has 0 spiro atoms. The van der Waals surface area contributed by atoms with Gasteiger partial charge in [0.05, 0.1) is 36.9 Å². The molecule has 16 N–H and O–H groups in total. The van der Waals surface area contributed by atoms with Crippen molar-refractivity contribution in [1.82, 2.24) is 16.0 Å². The number of hydrogen-bond donors (Lipinski definition) is 12. The van der Waals surface area contributed by atoms with E-state index in [0.717, 1.165) is 18.6 Å². The molecule has 8 unspecified atom stereocenters. The zero-order chi connectivity index (χ0) is 34.0. The molecule has 17 atom stereocenters. The van der Waals surface area contributed by atoms with Crippen LogP contribution in [0.25, 0.3) is 0 Å². The van der Waals surface area contributed by atoms with Crippen LogP contribution < -0.4 is 38.9 Å². The van der Waals surface area contributed by atoms with E-state index in [0.29, 0.717) is 18.1 Å². The Balaban J connectivity index is 1.09. The maximum Gasteiger partial charge on any atom is 0.315 e. The normalized spacial score (nSPS) is 46.8. The van der Waals surface area contributed by atoms with E-state index in [9.17, 15) is 35.1 Å². The Morgan fingerprint density at radius 1 is 0.894 bits per heavy atom. The van der Waals surface area contributed by atoms with Crippen LogP contribution in [0.4, 0.5) is 4.79 Å². The van der Waals surface area contributed by atoms with Gasteiger partial charge < -0.3 is 83.4 Å². The van der Waals surface area contributed by atoms with Crippen molar-refractivity contribution in [2.24, 2.45) is 22.9 Å². The second kappa shape index (κ2) is 16.1. The van der Waals surface area contributed by atoms with E-state index in [-0.39, 0.29) is 43.4 Å². The summed E-state index contributed by atoms with van der Waals surface area (Å²) in [7, 11) is 0. The largest absolute Gasteiger partial charge is 0.394 e. The number of amides is 3. The van der Waals surface area contributed by atoms with Crippen molar-refractivity contribution in [3.05, 3.63) is 0 Å². The molecule has 0 bridgehead atoms. The minimum absolute atomic E-state index is 0.0113. The number of urea groups is 1. The van der Waals surface area contributed by atoms with Crippen molar-refractivity contribution in [2.45, 2.75) is 141 Å². The summed E-state index contributed by atoms with van der Waals surface area (Å²) in [6, 6.07) is -3.37. The van der Waals surface area contributed by atoms with E-state index in [4.69, 9.17) is 41.9 Å². The van der Waals surface area contributed by atoms with Crippen LogP contribution in [-0.2, 0) is 23.7 Å². The summed E-state index contributed by atoms with van der Waals surface area (Å²) in [5, 5.41) is 61.1. The number of rotatable bonds is 12. The average Bonchev–Trinajstić information content (AvgIpc) is 3.58. The molecule has 0 aromatic rings. The molecule has 5 rings (SSSR count). The number of thioether (sulfide) groups is 1. The molecule has 0 aromatic carbocycles. The van der Waals surface area contributed by atoms with E-state index in [1.54, 1.807) is 0 Å². The van der Waals surface area contributed by atoms with Crippen molar-refractivity contribution < 1.29 is 54.1 Å². The Morgan fingerprint density at radius 2 is 1.57 bits per heavy atom. The second-order valence-corrected chi connectivity index (χ2v) is 14.5. The first-order valence-electron chi connectivity index (χ1n) is 16.3. The van der Waals surface area contributed by atoms with Gasteiger partial charge in [-0.05, 0) is 25.7 Å². The standard InChI is InChI=1S/C28H51N7O11S/c29-10-5-11(30)25(46-27-22(40)19(32)21(39)16(8-36)44-27)23(41)24(10)45-26-12(31)6-14(37)15(43-26)7-33-18(38)4-2-1-3-17-20-13(9-47-17)34-28(42)35-20/h10-17,19-27,36-37,39-41H,1-9,29-32H2,(H,33,38)(H2,34,35,42)/t10-,11-,12?,13?,14+,15?,16?,17+,19+,20?,21-,22?,23?,24-,25?,26-,27-/m1/s1. The summed E-state index contributed by atoms with van der Waals surface area (Å²) in [6.45, 7) is -0.570. The fraction of sp³-hybridized carbons (Fsp3) is 0.929. The SMILES string of the molecule is NC1C[C@H](O)C(CNC(=O)CCCC[C@@H]2SCC3NC(=O)NC32)O[C@@H]1O[C@H]1C(O)C(O[C@H]2OC(CO)[C@@H](O)[C@H](N)C2O)[C@H](N)C[C@H]1N. The summed E-state index contributed by atoms with van der Waals surface area (Å²) >= 11 is 1.83. The van der Waals surface area contributed by atoms with Crippen molar-refractivity contribution in [3.8, 4) is 0 Å². The number of hydrogen-bond acceptors (Lipinski definition) is 16. The van der Waals surface area contributed by atoms with Gasteiger partial charge in [-0.15, -0.1) is 0 Å². The molecule has 18 nitrogen and oxygen atoms in total. The molecule has 19 heteroatoms. The van der Waals surface area contributed by atoms with Gasteiger partial charge in [-0.1, -0.05) is 6.42 Å². The highest BCUT2D eigenvalue weighted by atomic mass is 32.2. The Morgan fingerprint density at radius 3 is 2.28 bits per heavy atom. The van der Waals surface area contributed by atoms with Gasteiger partial charge in [0, 0.05) is 36.1 Å². The lowest BCUT2D eigenvalue weighted by Crippen LogP contribution is -2.68. The van der Waals surface area contributed by atoms with Gasteiger partial charge in [0.1, 0.15) is 42.7 Å². The van der Waals surface area contributed by atoms with E-state index >= 15 is 0 Å². The molecular formula is C28H51N7O11S. The summed E-state index contributed by atoms with van der Waals surface area (Å²) in [5.41, 5.74) is 24.7. The summed E-state index contributed by atoms with van der Waals surface area (Å²) < 4.78 is 23.4. The van der Waals surface area contributed by atoms with Crippen LogP contribution in [0.2, 0.25) is 0 Å². The lowest BCUT2D eigenvalue weighted by molar-refractivity contribution is -0.315. The lowest BCUT2D eigenvalue weighted by Gasteiger charge is -2.47. The molecule has 270 valence electrons. The zero-order valence-corrected chi connectivity index (χ0v) is 26.9. The molecule has 0 radical (unpaired) electrons. The molecule has 1 saturated carbocycles. The molecular weight excluding hydrogens is 642 g/mol. The quantitative estimate of drug-likeness (QED) is 0.0670. The molecule has 5 fully saturated rings. The predicted octanol–water partition coefficient (Wildman–Crippen LogP) is -5.41. The number of ether oxygens (including phenoxy) is 4. The highest BCUT2D eigenvalue weighted by Crippen LogP contribution is 2.34. The van der Waals surface area contributed by atoms with E-state index < -0.39 is 92.2 Å². The number of unbranched alkanes of at least 4 members (excludes halogenated alkanes) is 1. The van der Waals surface area contributed by atoms with Crippen molar-refractivity contribution in [3.63, 3.8) is 0 Å². The smallest absolute Gasteiger partial charge is 0.315 e. The number of fused-ring (bicyclic) bond motifs is 1. The molecule has 4 heterocycles. The van der Waals surface area contributed by atoms with Crippen LogP contribution in [0.15, 0.2) is 0 Å². The van der Waals surface area contributed by atoms with Gasteiger partial charge in [-0.3, -0.25) is 4.79 Å². The van der Waals surface area contributed by atoms with Gasteiger partial charge in [0.2, 0.25) is 5.91 Å². The minimum Gasteiger partial charge on any atom is -0.394 e. The van der Waals surface area contributed by atoms with E-state index in [1.807, 2.05) is 11.8 Å². The first kappa shape index (κ1) is 36.8. The Hall–Kier alpha value is -1.43. The number of carbonyl (C=O) groups excluding carboxylic acids is 2. The Labute approximate surface area is 276 Å². The summed E-state index contributed by atoms with van der Waals surface area (Å²) in [6.07, 6.45) is -9.02. The van der Waals surface area contributed by atoms with Crippen molar-refractivity contribution in [1.29, 1.82) is 0 Å². The van der Waals surface area contributed by atoms with Crippen LogP contribution >= 0.6 is 11.8 Å². The zero-order valence-electron chi connectivity index (χ0n) is 26.1. The highest BCUT2D eigenvalue weighted by molar-refractivity contribution is 8.00. The molecule has 4 saturated heterocycles. The first-order chi connectivity index (χ1) is 22.4. The third-order valence-electron chi connectivity index (χ3n) is 9.76. The monoisotopic (exact) mass is 693 g/mol. The Bertz CT molecular complexity index is 1070. The van der Waals surface area contributed by atoms with Gasteiger partial charge in [-0.2, -0.15) is 11.8 Å². The van der Waals surface area contributed by atoms with E-state index in [1.165, 1.54) is 0 Å². The van der Waals surface area contributed by atoms with Gasteiger partial charge in [0.25, 0.3) is 0 Å². The molecule has 5 aliphatic rings. The van der Waals surface area contributed by atoms with E-state index in [2.05, 4.69) is 16.0 Å². The minimum atomic E-state index is -1.48. The third kappa shape index (κ3) is 8.48. The third-order valence-corrected chi connectivity index (χ3v) is 11.3.